The summed E-state index contributed by atoms with van der Waals surface area (Å²) in [5.41, 5.74) is 0. The SMILES string of the molecule is O=C(O)C1CC1c1nc(CC2CCOC2)no1. The monoisotopic (exact) mass is 238 g/mol. The van der Waals surface area contributed by atoms with Crippen LogP contribution in [0.3, 0.4) is 0 Å². The maximum Gasteiger partial charge on any atom is 0.307 e. The number of nitrogens with zero attached hydrogens (tertiary/aromatic N) is 2. The van der Waals surface area contributed by atoms with Gasteiger partial charge in [0.25, 0.3) is 0 Å². The first kappa shape index (κ1) is 10.7. The molecule has 3 unspecified atom stereocenters. The summed E-state index contributed by atoms with van der Waals surface area (Å²) in [6, 6.07) is 0. The summed E-state index contributed by atoms with van der Waals surface area (Å²) < 4.78 is 10.4. The van der Waals surface area contributed by atoms with E-state index >= 15 is 0 Å². The molecule has 0 aromatic carbocycles. The van der Waals surface area contributed by atoms with Gasteiger partial charge in [-0.1, -0.05) is 5.16 Å². The van der Waals surface area contributed by atoms with Crippen LogP contribution in [0, 0.1) is 11.8 Å². The highest BCUT2D eigenvalue weighted by Crippen LogP contribution is 2.46. The summed E-state index contributed by atoms with van der Waals surface area (Å²) in [5, 5.41) is 12.7. The van der Waals surface area contributed by atoms with Gasteiger partial charge in [0.15, 0.2) is 5.82 Å². The normalized spacial score (nSPS) is 31.6. The zero-order valence-electron chi connectivity index (χ0n) is 9.33. The van der Waals surface area contributed by atoms with Crippen LogP contribution in [0.2, 0.25) is 0 Å². The summed E-state index contributed by atoms with van der Waals surface area (Å²) >= 11 is 0. The molecule has 0 spiro atoms. The predicted octanol–water partition coefficient (Wildman–Crippen LogP) is 0.837. The van der Waals surface area contributed by atoms with E-state index in [2.05, 4.69) is 10.1 Å². The van der Waals surface area contributed by atoms with Crippen LogP contribution in [0.4, 0.5) is 0 Å². The molecule has 2 fully saturated rings. The molecule has 1 saturated carbocycles. The van der Waals surface area contributed by atoms with Crippen LogP contribution in [-0.4, -0.2) is 34.4 Å². The number of carbonyl (C=O) groups is 1. The smallest absolute Gasteiger partial charge is 0.307 e. The molecule has 1 aliphatic heterocycles. The number of hydrogen-bond acceptors (Lipinski definition) is 5. The number of ether oxygens (including phenoxy) is 1. The second-order valence-electron chi connectivity index (χ2n) is 4.77. The summed E-state index contributed by atoms with van der Waals surface area (Å²) in [5.74, 6) is 0.429. The Bertz CT molecular complexity index is 425. The van der Waals surface area contributed by atoms with E-state index < -0.39 is 5.97 Å². The minimum absolute atomic E-state index is 0.0754. The molecule has 0 bridgehead atoms. The van der Waals surface area contributed by atoms with Crippen molar-refractivity contribution in [2.45, 2.75) is 25.2 Å². The van der Waals surface area contributed by atoms with Gasteiger partial charge >= 0.3 is 5.97 Å². The molecule has 6 nitrogen and oxygen atoms in total. The van der Waals surface area contributed by atoms with E-state index in [0.29, 0.717) is 24.1 Å². The van der Waals surface area contributed by atoms with Gasteiger partial charge < -0.3 is 14.4 Å². The molecule has 2 heterocycles. The molecule has 0 amide bonds. The summed E-state index contributed by atoms with van der Waals surface area (Å²) in [4.78, 5) is 15.0. The van der Waals surface area contributed by atoms with E-state index in [1.54, 1.807) is 0 Å². The molecule has 92 valence electrons. The van der Waals surface area contributed by atoms with E-state index in [9.17, 15) is 4.79 Å². The molecule has 1 aromatic rings. The van der Waals surface area contributed by atoms with Crippen LogP contribution in [0.5, 0.6) is 0 Å². The van der Waals surface area contributed by atoms with Gasteiger partial charge in [0.1, 0.15) is 0 Å². The van der Waals surface area contributed by atoms with Crippen molar-refractivity contribution in [3.63, 3.8) is 0 Å². The highest BCUT2D eigenvalue weighted by Gasteiger charge is 2.48. The van der Waals surface area contributed by atoms with Crippen molar-refractivity contribution < 1.29 is 19.2 Å². The highest BCUT2D eigenvalue weighted by molar-refractivity contribution is 5.74. The third-order valence-corrected chi connectivity index (χ3v) is 3.40. The Labute approximate surface area is 98.0 Å². The lowest BCUT2D eigenvalue weighted by atomic mass is 10.1. The lowest BCUT2D eigenvalue weighted by Crippen LogP contribution is -2.05. The van der Waals surface area contributed by atoms with Crippen molar-refractivity contribution in [3.05, 3.63) is 11.7 Å². The fraction of sp³-hybridized carbons (Fsp3) is 0.727. The Balaban J connectivity index is 1.61. The minimum Gasteiger partial charge on any atom is -0.481 e. The van der Waals surface area contributed by atoms with Crippen LogP contribution in [-0.2, 0) is 16.0 Å². The fourth-order valence-corrected chi connectivity index (χ4v) is 2.24. The van der Waals surface area contributed by atoms with Crippen LogP contribution in [0.1, 0.15) is 30.5 Å². The third kappa shape index (κ3) is 2.17. The largest absolute Gasteiger partial charge is 0.481 e. The molecule has 0 radical (unpaired) electrons. The fourth-order valence-electron chi connectivity index (χ4n) is 2.24. The number of hydrogen-bond donors (Lipinski definition) is 1. The number of carboxylic acid groups (broad SMARTS) is 1. The quantitative estimate of drug-likeness (QED) is 0.836. The van der Waals surface area contributed by atoms with Crippen molar-refractivity contribution in [1.29, 1.82) is 0 Å². The molecule has 1 N–H and O–H groups in total. The molecule has 6 heteroatoms. The van der Waals surface area contributed by atoms with Gasteiger partial charge in [0, 0.05) is 19.6 Å². The van der Waals surface area contributed by atoms with Crippen molar-refractivity contribution in [3.8, 4) is 0 Å². The van der Waals surface area contributed by atoms with Crippen LogP contribution >= 0.6 is 0 Å². The van der Waals surface area contributed by atoms with E-state index in [1.165, 1.54) is 0 Å². The Morgan fingerprint density at radius 2 is 2.41 bits per heavy atom. The third-order valence-electron chi connectivity index (χ3n) is 3.40. The Morgan fingerprint density at radius 3 is 3.06 bits per heavy atom. The van der Waals surface area contributed by atoms with Gasteiger partial charge in [0.05, 0.1) is 11.8 Å². The Hall–Kier alpha value is -1.43. The second kappa shape index (κ2) is 4.10. The first-order chi connectivity index (χ1) is 8.24. The number of rotatable bonds is 4. The van der Waals surface area contributed by atoms with E-state index in [1.807, 2.05) is 0 Å². The number of carboxylic acids is 1. The van der Waals surface area contributed by atoms with E-state index in [0.717, 1.165) is 26.1 Å². The molecule has 1 saturated heterocycles. The van der Waals surface area contributed by atoms with E-state index in [4.69, 9.17) is 14.4 Å². The Morgan fingerprint density at radius 1 is 1.53 bits per heavy atom. The number of aliphatic carboxylic acids is 1. The molecule has 1 aliphatic carbocycles. The molecular formula is C11H14N2O4. The summed E-state index contributed by atoms with van der Waals surface area (Å²) in [6.07, 6.45) is 2.41. The summed E-state index contributed by atoms with van der Waals surface area (Å²) in [7, 11) is 0. The first-order valence-corrected chi connectivity index (χ1v) is 5.87. The standard InChI is InChI=1S/C11H14N2O4/c14-11(15)8-4-7(8)10-12-9(13-17-10)3-6-1-2-16-5-6/h6-8H,1-5H2,(H,14,15). The van der Waals surface area contributed by atoms with Gasteiger partial charge in [-0.15, -0.1) is 0 Å². The highest BCUT2D eigenvalue weighted by atomic mass is 16.5. The molecule has 1 aromatic heterocycles. The summed E-state index contributed by atoms with van der Waals surface area (Å²) in [6.45, 7) is 1.56. The zero-order valence-corrected chi connectivity index (χ0v) is 9.33. The van der Waals surface area contributed by atoms with Crippen molar-refractivity contribution in [2.24, 2.45) is 11.8 Å². The lowest BCUT2D eigenvalue weighted by Gasteiger charge is -2.00. The van der Waals surface area contributed by atoms with Crippen LogP contribution in [0.25, 0.3) is 0 Å². The van der Waals surface area contributed by atoms with Gasteiger partial charge in [-0.2, -0.15) is 4.98 Å². The molecule has 3 atom stereocenters. The topological polar surface area (TPSA) is 85.5 Å². The zero-order chi connectivity index (χ0) is 11.8. The van der Waals surface area contributed by atoms with Crippen molar-refractivity contribution >= 4 is 5.97 Å². The average molecular weight is 238 g/mol. The number of aromatic nitrogens is 2. The van der Waals surface area contributed by atoms with Crippen molar-refractivity contribution in [1.82, 2.24) is 10.1 Å². The van der Waals surface area contributed by atoms with E-state index in [-0.39, 0.29) is 11.8 Å². The second-order valence-corrected chi connectivity index (χ2v) is 4.77. The lowest BCUT2D eigenvalue weighted by molar-refractivity contribution is -0.138. The molecule has 17 heavy (non-hydrogen) atoms. The van der Waals surface area contributed by atoms with Gasteiger partial charge in [-0.05, 0) is 18.8 Å². The molecular weight excluding hydrogens is 224 g/mol. The molecule has 3 rings (SSSR count). The minimum atomic E-state index is -0.779. The Kier molecular flexibility index (Phi) is 2.58. The maximum atomic E-state index is 10.7. The van der Waals surface area contributed by atoms with Crippen LogP contribution in [0.15, 0.2) is 4.52 Å². The van der Waals surface area contributed by atoms with Gasteiger partial charge in [-0.3, -0.25) is 4.79 Å². The van der Waals surface area contributed by atoms with Crippen LogP contribution < -0.4 is 0 Å². The average Bonchev–Trinajstić information content (AvgIpc) is 2.73. The predicted molar refractivity (Wildman–Crippen MR) is 55.4 cm³/mol. The maximum absolute atomic E-state index is 10.7. The molecule has 2 aliphatic rings. The first-order valence-electron chi connectivity index (χ1n) is 5.87. The van der Waals surface area contributed by atoms with Gasteiger partial charge in [-0.25, -0.2) is 0 Å². The van der Waals surface area contributed by atoms with Gasteiger partial charge in [0.2, 0.25) is 5.89 Å². The van der Waals surface area contributed by atoms with Crippen molar-refractivity contribution in [2.75, 3.05) is 13.2 Å².